The van der Waals surface area contributed by atoms with Gasteiger partial charge in [0.25, 0.3) is 5.56 Å². The summed E-state index contributed by atoms with van der Waals surface area (Å²) in [5.41, 5.74) is 4.63. The molecule has 0 radical (unpaired) electrons. The van der Waals surface area contributed by atoms with Crippen molar-refractivity contribution >= 4 is 67.2 Å². The van der Waals surface area contributed by atoms with Gasteiger partial charge < -0.3 is 8.98 Å². The van der Waals surface area contributed by atoms with Crippen LogP contribution < -0.4 is 5.56 Å². The minimum atomic E-state index is -0.297. The van der Waals surface area contributed by atoms with Gasteiger partial charge in [0.2, 0.25) is 5.82 Å². The predicted molar refractivity (Wildman–Crippen MR) is 157 cm³/mol. The van der Waals surface area contributed by atoms with Crippen LogP contribution in [0.2, 0.25) is 10.0 Å². The zero-order valence-corrected chi connectivity index (χ0v) is 23.3. The summed E-state index contributed by atoms with van der Waals surface area (Å²) >= 11 is 16.0. The summed E-state index contributed by atoms with van der Waals surface area (Å²) < 4.78 is 10.3. The maximum atomic E-state index is 13.6. The van der Waals surface area contributed by atoms with Crippen molar-refractivity contribution in [2.45, 2.75) is 13.8 Å². The van der Waals surface area contributed by atoms with Gasteiger partial charge in [-0.05, 0) is 90.4 Å². The number of halogens is 3. The molecule has 0 aliphatic heterocycles. The standard InChI is InChI=1S/C29H19BrCl2N4O2/c1-16-11-19(17(2)35(16)21-8-9-23(30)24(32)14-21)15-33-36-28(34-25-6-4-3-5-22(25)29(36)37)27-13-18-12-20(31)7-10-26(18)38-27/h3-15H,1-2H3. The molecule has 6 rings (SSSR count). The molecule has 188 valence electrons. The molecule has 0 N–H and O–H groups in total. The second-order valence-corrected chi connectivity index (χ2v) is 10.6. The van der Waals surface area contributed by atoms with Gasteiger partial charge in [-0.3, -0.25) is 4.79 Å². The molecule has 0 aliphatic rings. The zero-order valence-electron chi connectivity index (χ0n) is 20.2. The summed E-state index contributed by atoms with van der Waals surface area (Å²) in [6.45, 7) is 4.00. The molecule has 38 heavy (non-hydrogen) atoms. The van der Waals surface area contributed by atoms with Crippen LogP contribution in [0.15, 0.2) is 91.6 Å². The van der Waals surface area contributed by atoms with Crippen LogP contribution in [0.1, 0.15) is 17.0 Å². The van der Waals surface area contributed by atoms with E-state index in [9.17, 15) is 4.79 Å². The number of para-hydroxylation sites is 1. The Morgan fingerprint density at radius 2 is 1.82 bits per heavy atom. The van der Waals surface area contributed by atoms with Crippen molar-refractivity contribution in [3.63, 3.8) is 0 Å². The summed E-state index contributed by atoms with van der Waals surface area (Å²) in [5.74, 6) is 0.711. The predicted octanol–water partition coefficient (Wildman–Crippen LogP) is 8.17. The number of hydrogen-bond acceptors (Lipinski definition) is 4. The number of fused-ring (bicyclic) bond motifs is 2. The van der Waals surface area contributed by atoms with Gasteiger partial charge in [-0.1, -0.05) is 35.3 Å². The summed E-state index contributed by atoms with van der Waals surface area (Å²) in [7, 11) is 0. The summed E-state index contributed by atoms with van der Waals surface area (Å²) in [4.78, 5) is 18.3. The molecule has 0 fully saturated rings. The second kappa shape index (κ2) is 9.58. The summed E-state index contributed by atoms with van der Waals surface area (Å²) in [5, 5.41) is 7.10. The first-order valence-corrected chi connectivity index (χ1v) is 13.2. The largest absolute Gasteiger partial charge is 0.453 e. The Bertz CT molecular complexity index is 1970. The van der Waals surface area contributed by atoms with E-state index in [2.05, 4.69) is 25.6 Å². The third kappa shape index (κ3) is 4.26. The Kier molecular flexibility index (Phi) is 6.22. The number of benzene rings is 3. The highest BCUT2D eigenvalue weighted by Gasteiger charge is 2.17. The first kappa shape index (κ1) is 24.7. The highest BCUT2D eigenvalue weighted by atomic mass is 79.9. The van der Waals surface area contributed by atoms with E-state index < -0.39 is 0 Å². The molecule has 3 aromatic heterocycles. The molecular formula is C29H19BrCl2N4O2. The molecule has 0 bridgehead atoms. The molecule has 0 atom stereocenters. The van der Waals surface area contributed by atoms with Gasteiger partial charge in [-0.25, -0.2) is 4.98 Å². The van der Waals surface area contributed by atoms with Crippen molar-refractivity contribution in [1.82, 2.24) is 14.2 Å². The highest BCUT2D eigenvalue weighted by molar-refractivity contribution is 9.10. The normalized spacial score (nSPS) is 11.8. The highest BCUT2D eigenvalue weighted by Crippen LogP contribution is 2.30. The fourth-order valence-corrected chi connectivity index (χ4v) is 5.18. The molecule has 3 heterocycles. The average molecular weight is 606 g/mol. The van der Waals surface area contributed by atoms with E-state index in [1.807, 2.05) is 50.2 Å². The average Bonchev–Trinajstić information content (AvgIpc) is 3.44. The number of furan rings is 1. The Hall–Kier alpha value is -3.65. The van der Waals surface area contributed by atoms with Gasteiger partial charge in [-0.15, -0.1) is 0 Å². The lowest BCUT2D eigenvalue weighted by atomic mass is 10.2. The number of rotatable bonds is 4. The molecule has 0 saturated heterocycles. The maximum Gasteiger partial charge on any atom is 0.282 e. The van der Waals surface area contributed by atoms with Crippen molar-refractivity contribution in [3.05, 3.63) is 115 Å². The van der Waals surface area contributed by atoms with Crippen LogP contribution in [-0.2, 0) is 0 Å². The fraction of sp³-hybridized carbons (Fsp3) is 0.0690. The van der Waals surface area contributed by atoms with Crippen LogP contribution in [0, 0.1) is 13.8 Å². The summed E-state index contributed by atoms with van der Waals surface area (Å²) in [6.07, 6.45) is 1.67. The van der Waals surface area contributed by atoms with Gasteiger partial charge in [-0.2, -0.15) is 9.78 Å². The van der Waals surface area contributed by atoms with Gasteiger partial charge in [0, 0.05) is 37.5 Å². The van der Waals surface area contributed by atoms with E-state index in [0.717, 1.165) is 32.5 Å². The van der Waals surface area contributed by atoms with Crippen LogP contribution >= 0.6 is 39.1 Å². The van der Waals surface area contributed by atoms with E-state index in [-0.39, 0.29) is 5.56 Å². The quantitative estimate of drug-likeness (QED) is 0.190. The molecule has 9 heteroatoms. The number of hydrogen-bond donors (Lipinski definition) is 0. The number of aromatic nitrogens is 3. The molecule has 6 aromatic rings. The van der Waals surface area contributed by atoms with Crippen molar-refractivity contribution < 1.29 is 4.42 Å². The van der Waals surface area contributed by atoms with Crippen LogP contribution in [-0.4, -0.2) is 20.4 Å². The van der Waals surface area contributed by atoms with E-state index in [1.165, 1.54) is 4.68 Å². The number of nitrogens with zero attached hydrogens (tertiary/aromatic N) is 4. The van der Waals surface area contributed by atoms with E-state index in [4.69, 9.17) is 32.6 Å². The van der Waals surface area contributed by atoms with Crippen molar-refractivity contribution in [3.8, 4) is 17.3 Å². The minimum Gasteiger partial charge on any atom is -0.453 e. The molecule has 0 saturated carbocycles. The maximum absolute atomic E-state index is 13.6. The van der Waals surface area contributed by atoms with Crippen molar-refractivity contribution in [1.29, 1.82) is 0 Å². The van der Waals surface area contributed by atoms with Gasteiger partial charge in [0.1, 0.15) is 5.58 Å². The van der Waals surface area contributed by atoms with Crippen molar-refractivity contribution in [2.24, 2.45) is 5.10 Å². The lowest BCUT2D eigenvalue weighted by Crippen LogP contribution is -2.20. The number of aryl methyl sites for hydroxylation is 1. The Balaban J connectivity index is 1.51. The van der Waals surface area contributed by atoms with E-state index in [0.29, 0.717) is 38.1 Å². The smallest absolute Gasteiger partial charge is 0.282 e. The molecule has 0 spiro atoms. The first-order valence-electron chi connectivity index (χ1n) is 11.7. The molecular weight excluding hydrogens is 587 g/mol. The molecule has 6 nitrogen and oxygen atoms in total. The summed E-state index contributed by atoms with van der Waals surface area (Å²) in [6, 6.07) is 22.2. The Morgan fingerprint density at radius 1 is 1.00 bits per heavy atom. The van der Waals surface area contributed by atoms with Crippen molar-refractivity contribution in [2.75, 3.05) is 0 Å². The monoisotopic (exact) mass is 604 g/mol. The molecule has 0 aliphatic carbocycles. The fourth-order valence-electron chi connectivity index (χ4n) is 4.57. The first-order chi connectivity index (χ1) is 18.3. The van der Waals surface area contributed by atoms with E-state index in [1.54, 1.807) is 42.6 Å². The van der Waals surface area contributed by atoms with Gasteiger partial charge in [0.05, 0.1) is 22.1 Å². The third-order valence-electron chi connectivity index (χ3n) is 6.40. The molecule has 3 aromatic carbocycles. The van der Waals surface area contributed by atoms with Crippen LogP contribution in [0.3, 0.4) is 0 Å². The Morgan fingerprint density at radius 3 is 2.63 bits per heavy atom. The molecule has 0 amide bonds. The van der Waals surface area contributed by atoms with Crippen LogP contribution in [0.5, 0.6) is 0 Å². The molecule has 0 unspecified atom stereocenters. The SMILES string of the molecule is Cc1cc(C=Nn2c(-c3cc4cc(Cl)ccc4o3)nc3ccccc3c2=O)c(C)n1-c1ccc(Br)c(Cl)c1. The van der Waals surface area contributed by atoms with E-state index >= 15 is 0 Å². The lowest BCUT2D eigenvalue weighted by molar-refractivity contribution is 0.616. The van der Waals surface area contributed by atoms with Crippen LogP contribution in [0.25, 0.3) is 39.1 Å². The topological polar surface area (TPSA) is 65.3 Å². The van der Waals surface area contributed by atoms with Crippen LogP contribution in [0.4, 0.5) is 0 Å². The Labute approximate surface area is 235 Å². The minimum absolute atomic E-state index is 0.297. The van der Waals surface area contributed by atoms with Gasteiger partial charge >= 0.3 is 0 Å². The van der Waals surface area contributed by atoms with Gasteiger partial charge in [0.15, 0.2) is 5.76 Å². The third-order valence-corrected chi connectivity index (χ3v) is 7.86. The zero-order chi connectivity index (χ0) is 26.6. The lowest BCUT2D eigenvalue weighted by Gasteiger charge is -2.11. The second-order valence-electron chi connectivity index (χ2n) is 8.87.